The van der Waals surface area contributed by atoms with Gasteiger partial charge in [-0.3, -0.25) is 14.7 Å². The molecule has 186 valence electrons. The number of aliphatic hydroxyl groups is 2. The van der Waals surface area contributed by atoms with E-state index >= 15 is 0 Å². The maximum atomic E-state index is 12.9. The van der Waals surface area contributed by atoms with Crippen LogP contribution in [-0.4, -0.2) is 67.8 Å². The van der Waals surface area contributed by atoms with Crippen LogP contribution in [0.25, 0.3) is 16.2 Å². The van der Waals surface area contributed by atoms with E-state index in [2.05, 4.69) is 10.3 Å². The third-order valence-corrected chi connectivity index (χ3v) is 7.88. The Morgan fingerprint density at radius 2 is 2.03 bits per heavy atom. The van der Waals surface area contributed by atoms with Crippen LogP contribution in [0.1, 0.15) is 41.6 Å². The second-order valence-corrected chi connectivity index (χ2v) is 10.4. The van der Waals surface area contributed by atoms with Gasteiger partial charge < -0.3 is 20.2 Å². The Bertz CT molecular complexity index is 1280. The van der Waals surface area contributed by atoms with Crippen LogP contribution in [0.15, 0.2) is 28.6 Å². The van der Waals surface area contributed by atoms with Gasteiger partial charge in [-0.15, -0.1) is 11.3 Å². The molecule has 0 spiro atoms. The summed E-state index contributed by atoms with van der Waals surface area (Å²) in [5.74, 6) is -0.0838. The second kappa shape index (κ2) is 9.65. The molecule has 4 heterocycles. The van der Waals surface area contributed by atoms with Crippen LogP contribution in [0, 0.1) is 18.8 Å². The molecule has 4 N–H and O–H groups in total. The van der Waals surface area contributed by atoms with Crippen LogP contribution in [0.5, 0.6) is 0 Å². The summed E-state index contributed by atoms with van der Waals surface area (Å²) in [5, 5.41) is 35.6. The van der Waals surface area contributed by atoms with Crippen molar-refractivity contribution < 1.29 is 20.1 Å². The quantitative estimate of drug-likeness (QED) is 0.358. The molecule has 2 aliphatic rings. The van der Waals surface area contributed by atoms with E-state index in [1.165, 1.54) is 17.5 Å². The van der Waals surface area contributed by atoms with Crippen molar-refractivity contribution in [1.82, 2.24) is 19.9 Å². The first-order valence-electron chi connectivity index (χ1n) is 11.9. The van der Waals surface area contributed by atoms with Crippen molar-refractivity contribution in [3.05, 3.63) is 45.2 Å². The van der Waals surface area contributed by atoms with Gasteiger partial charge in [-0.2, -0.15) is 0 Å². The fourth-order valence-electron chi connectivity index (χ4n) is 4.97. The van der Waals surface area contributed by atoms with Gasteiger partial charge in [-0.1, -0.05) is 0 Å². The molecule has 10 nitrogen and oxygen atoms in total. The first-order chi connectivity index (χ1) is 16.8. The smallest absolute Gasteiger partial charge is 0.341 e. The molecular formula is C24H29N5O5S. The van der Waals surface area contributed by atoms with Crippen molar-refractivity contribution in [1.29, 1.82) is 0 Å². The highest BCUT2D eigenvalue weighted by Crippen LogP contribution is 2.30. The number of nitrogens with one attached hydrogen (secondary N) is 1. The first-order valence-corrected chi connectivity index (χ1v) is 12.7. The Balaban J connectivity index is 1.35. The Hall–Kier alpha value is -2.86. The van der Waals surface area contributed by atoms with Crippen LogP contribution in [0.4, 0.5) is 5.82 Å². The summed E-state index contributed by atoms with van der Waals surface area (Å²) in [6.45, 7) is 3.75. The lowest BCUT2D eigenvalue weighted by molar-refractivity contribution is 0.0486. The summed E-state index contributed by atoms with van der Waals surface area (Å²) in [5.41, 5.74) is 0.126. The first kappa shape index (κ1) is 23.9. The average Bonchev–Trinajstić information content (AvgIpc) is 3.32. The number of aryl methyl sites for hydroxylation is 1. The van der Waals surface area contributed by atoms with E-state index in [0.29, 0.717) is 41.2 Å². The number of hydrogen-bond donors (Lipinski definition) is 4. The molecular weight excluding hydrogens is 470 g/mol. The Morgan fingerprint density at radius 1 is 1.29 bits per heavy atom. The molecule has 1 saturated carbocycles. The zero-order valence-electron chi connectivity index (χ0n) is 19.4. The van der Waals surface area contributed by atoms with Gasteiger partial charge in [-0.25, -0.2) is 14.8 Å². The van der Waals surface area contributed by atoms with E-state index in [9.17, 15) is 24.9 Å². The van der Waals surface area contributed by atoms with E-state index in [1.54, 1.807) is 29.1 Å². The predicted octanol–water partition coefficient (Wildman–Crippen LogP) is 1.74. The molecule has 3 aromatic heterocycles. The number of hydrogen-bond acceptors (Lipinski definition) is 9. The number of carboxylic acids is 1. The molecule has 0 amide bonds. The van der Waals surface area contributed by atoms with E-state index in [-0.39, 0.29) is 23.0 Å². The van der Waals surface area contributed by atoms with Gasteiger partial charge in [0, 0.05) is 43.3 Å². The highest BCUT2D eigenvalue weighted by molar-refractivity contribution is 7.12. The highest BCUT2D eigenvalue weighted by atomic mass is 32.1. The fourth-order valence-corrected chi connectivity index (χ4v) is 5.59. The van der Waals surface area contributed by atoms with Crippen LogP contribution in [0.3, 0.4) is 0 Å². The van der Waals surface area contributed by atoms with Crippen LogP contribution in [-0.2, 0) is 0 Å². The Morgan fingerprint density at radius 3 is 2.69 bits per heavy atom. The number of fused-ring (bicyclic) bond motifs is 1. The van der Waals surface area contributed by atoms with E-state index < -0.39 is 17.6 Å². The van der Waals surface area contributed by atoms with Gasteiger partial charge >= 0.3 is 5.97 Å². The third-order valence-electron chi connectivity index (χ3n) is 7.11. The SMILES string of the molecule is Cc1cc(N2CC(C(O)NCC3CCC(O)CC3)C2)nc2c1c(=O)c(C(=O)O)cn2-c1nccs1. The van der Waals surface area contributed by atoms with Gasteiger partial charge in [0.15, 0.2) is 10.8 Å². The van der Waals surface area contributed by atoms with Crippen molar-refractivity contribution in [2.75, 3.05) is 24.5 Å². The molecule has 1 aliphatic carbocycles. The lowest BCUT2D eigenvalue weighted by Gasteiger charge is -2.43. The summed E-state index contributed by atoms with van der Waals surface area (Å²) in [6, 6.07) is 1.80. The number of aromatic nitrogens is 3. The van der Waals surface area contributed by atoms with Crippen molar-refractivity contribution in [3.63, 3.8) is 0 Å². The monoisotopic (exact) mass is 499 g/mol. The standard InChI is InChI=1S/C24H29N5O5S/c1-13-8-18(28-10-15(11-28)22(32)26-9-14-2-4-16(30)5-3-14)27-21-19(13)20(31)17(23(33)34)12-29(21)24-25-6-7-35-24/h6-8,12,14-16,22,26,30,32H,2-5,9-11H2,1H3,(H,33,34). The molecule has 1 saturated heterocycles. The molecule has 5 rings (SSSR count). The topological polar surface area (TPSA) is 141 Å². The molecule has 1 unspecified atom stereocenters. The van der Waals surface area contributed by atoms with Crippen LogP contribution >= 0.6 is 11.3 Å². The van der Waals surface area contributed by atoms with Crippen LogP contribution in [0.2, 0.25) is 0 Å². The maximum Gasteiger partial charge on any atom is 0.341 e. The predicted molar refractivity (Wildman–Crippen MR) is 132 cm³/mol. The van der Waals surface area contributed by atoms with Crippen molar-refractivity contribution in [2.45, 2.75) is 44.9 Å². The molecule has 1 aliphatic heterocycles. The molecule has 11 heteroatoms. The van der Waals surface area contributed by atoms with Gasteiger partial charge in [0.05, 0.1) is 11.5 Å². The minimum absolute atomic E-state index is 0.0533. The molecule has 35 heavy (non-hydrogen) atoms. The third kappa shape index (κ3) is 4.68. The molecule has 0 aromatic carbocycles. The highest BCUT2D eigenvalue weighted by Gasteiger charge is 2.34. The van der Waals surface area contributed by atoms with Gasteiger partial charge in [0.2, 0.25) is 5.43 Å². The number of carboxylic acid groups (broad SMARTS) is 1. The zero-order valence-corrected chi connectivity index (χ0v) is 20.2. The number of aromatic carboxylic acids is 1. The normalized spacial score (nSPS) is 21.7. The van der Waals surface area contributed by atoms with Gasteiger partial charge in [-0.05, 0) is 50.2 Å². The maximum absolute atomic E-state index is 12.9. The average molecular weight is 500 g/mol. The minimum Gasteiger partial charge on any atom is -0.477 e. The lowest BCUT2D eigenvalue weighted by Crippen LogP contribution is -2.56. The molecule has 0 bridgehead atoms. The minimum atomic E-state index is -1.29. The lowest BCUT2D eigenvalue weighted by atomic mass is 9.87. The largest absolute Gasteiger partial charge is 0.477 e. The van der Waals surface area contributed by atoms with Crippen molar-refractivity contribution >= 4 is 34.2 Å². The molecule has 2 fully saturated rings. The number of anilines is 1. The Labute approximate surface area is 205 Å². The van der Waals surface area contributed by atoms with E-state index in [1.807, 2.05) is 4.90 Å². The molecule has 1 atom stereocenters. The summed E-state index contributed by atoms with van der Waals surface area (Å²) in [7, 11) is 0. The number of pyridine rings is 2. The summed E-state index contributed by atoms with van der Waals surface area (Å²) >= 11 is 1.33. The number of carbonyl (C=O) groups is 1. The number of thiazole rings is 1. The van der Waals surface area contributed by atoms with E-state index in [0.717, 1.165) is 32.2 Å². The second-order valence-electron chi connectivity index (χ2n) is 9.55. The summed E-state index contributed by atoms with van der Waals surface area (Å²) in [6.07, 6.45) is 5.71. The van der Waals surface area contributed by atoms with E-state index in [4.69, 9.17) is 4.98 Å². The Kier molecular flexibility index (Phi) is 6.58. The van der Waals surface area contributed by atoms with Crippen molar-refractivity contribution in [2.24, 2.45) is 11.8 Å². The summed E-state index contributed by atoms with van der Waals surface area (Å²) < 4.78 is 1.57. The number of aliphatic hydroxyl groups excluding tert-OH is 2. The summed E-state index contributed by atoms with van der Waals surface area (Å²) in [4.78, 5) is 35.7. The number of nitrogens with zero attached hydrogens (tertiary/aromatic N) is 4. The van der Waals surface area contributed by atoms with Gasteiger partial charge in [0.25, 0.3) is 0 Å². The van der Waals surface area contributed by atoms with Crippen LogP contribution < -0.4 is 15.6 Å². The van der Waals surface area contributed by atoms with Crippen molar-refractivity contribution in [3.8, 4) is 5.13 Å². The molecule has 3 aromatic rings. The number of rotatable bonds is 7. The van der Waals surface area contributed by atoms with Gasteiger partial charge in [0.1, 0.15) is 17.6 Å². The molecule has 0 radical (unpaired) electrons. The fraction of sp³-hybridized carbons (Fsp3) is 0.500. The zero-order chi connectivity index (χ0) is 24.7.